The van der Waals surface area contributed by atoms with Gasteiger partial charge in [0.1, 0.15) is 30.3 Å². The van der Waals surface area contributed by atoms with E-state index in [4.69, 9.17) is 22.1 Å². The molecule has 7 nitrogen and oxygen atoms in total. The van der Waals surface area contributed by atoms with E-state index in [1.54, 1.807) is 12.4 Å². The van der Waals surface area contributed by atoms with E-state index >= 15 is 0 Å². The fraction of sp³-hybridized carbons (Fsp3) is 0.316. The Bertz CT molecular complexity index is 929. The summed E-state index contributed by atoms with van der Waals surface area (Å²) >= 11 is 6.12. The number of aromatic nitrogens is 3. The molecule has 3 aromatic rings. The second-order valence-corrected chi connectivity index (χ2v) is 6.82. The molecule has 1 aromatic carbocycles. The first kappa shape index (κ1) is 17.8. The van der Waals surface area contributed by atoms with Crippen molar-refractivity contribution in [1.82, 2.24) is 19.9 Å². The van der Waals surface area contributed by atoms with E-state index < -0.39 is 0 Å². The predicted octanol–water partition coefficient (Wildman–Crippen LogP) is 2.46. The van der Waals surface area contributed by atoms with Crippen LogP contribution < -0.4 is 15.4 Å². The summed E-state index contributed by atoms with van der Waals surface area (Å²) in [5.41, 5.74) is 6.39. The number of fused-ring (bicyclic) bond motifs is 1. The fourth-order valence-electron chi connectivity index (χ4n) is 3.23. The Labute approximate surface area is 162 Å². The van der Waals surface area contributed by atoms with Crippen LogP contribution in [0.25, 0.3) is 11.0 Å². The molecular weight excluding hydrogens is 364 g/mol. The number of hydrogen-bond acceptors (Lipinski definition) is 7. The molecule has 1 fully saturated rings. The van der Waals surface area contributed by atoms with Gasteiger partial charge in [-0.05, 0) is 24.3 Å². The molecule has 0 amide bonds. The summed E-state index contributed by atoms with van der Waals surface area (Å²) in [6, 6.07) is 11.3. The molecule has 0 saturated carbocycles. The lowest BCUT2D eigenvalue weighted by atomic mass is 10.2. The van der Waals surface area contributed by atoms with E-state index in [-0.39, 0.29) is 0 Å². The number of anilines is 2. The first-order valence-corrected chi connectivity index (χ1v) is 9.30. The first-order chi connectivity index (χ1) is 13.2. The number of piperazine rings is 1. The lowest BCUT2D eigenvalue weighted by Gasteiger charge is -2.35. The average molecular weight is 385 g/mol. The molecule has 0 bridgehead atoms. The van der Waals surface area contributed by atoms with E-state index in [1.807, 2.05) is 30.3 Å². The molecule has 2 N–H and O–H groups in total. The van der Waals surface area contributed by atoms with Crippen molar-refractivity contribution >= 4 is 34.3 Å². The van der Waals surface area contributed by atoms with Crippen LogP contribution in [0.3, 0.4) is 0 Å². The van der Waals surface area contributed by atoms with E-state index in [0.717, 1.165) is 49.7 Å². The lowest BCUT2D eigenvalue weighted by Crippen LogP contribution is -2.47. The van der Waals surface area contributed by atoms with Crippen molar-refractivity contribution in [3.8, 4) is 5.75 Å². The van der Waals surface area contributed by atoms with Gasteiger partial charge >= 0.3 is 0 Å². The van der Waals surface area contributed by atoms with Crippen LogP contribution in [0.15, 0.2) is 42.7 Å². The molecule has 3 heterocycles. The van der Waals surface area contributed by atoms with Gasteiger partial charge in [0.2, 0.25) is 0 Å². The average Bonchev–Trinajstić information content (AvgIpc) is 2.69. The molecule has 0 unspecified atom stereocenters. The highest BCUT2D eigenvalue weighted by atomic mass is 35.5. The lowest BCUT2D eigenvalue weighted by molar-refractivity contribution is 0.200. The zero-order valence-corrected chi connectivity index (χ0v) is 15.6. The van der Waals surface area contributed by atoms with E-state index in [9.17, 15) is 0 Å². The molecule has 0 radical (unpaired) electrons. The number of pyridine rings is 1. The third kappa shape index (κ3) is 4.04. The number of nitrogen functional groups attached to an aromatic ring is 1. The summed E-state index contributed by atoms with van der Waals surface area (Å²) in [7, 11) is 0. The second-order valence-electron chi connectivity index (χ2n) is 6.41. The molecule has 1 saturated heterocycles. The Morgan fingerprint density at radius 3 is 2.67 bits per heavy atom. The van der Waals surface area contributed by atoms with Gasteiger partial charge in [0.15, 0.2) is 5.65 Å². The third-order valence-corrected chi connectivity index (χ3v) is 4.98. The summed E-state index contributed by atoms with van der Waals surface area (Å²) < 4.78 is 5.79. The minimum absolute atomic E-state index is 0.468. The smallest absolute Gasteiger partial charge is 0.166 e. The van der Waals surface area contributed by atoms with Crippen LogP contribution in [-0.4, -0.2) is 59.2 Å². The number of nitrogens with two attached hydrogens (primary N) is 1. The number of halogens is 1. The molecule has 1 aliphatic heterocycles. The van der Waals surface area contributed by atoms with E-state index in [2.05, 4.69) is 24.8 Å². The maximum absolute atomic E-state index is 6.12. The highest BCUT2D eigenvalue weighted by Crippen LogP contribution is 2.24. The highest BCUT2D eigenvalue weighted by molar-refractivity contribution is 6.32. The zero-order chi connectivity index (χ0) is 18.6. The molecule has 8 heteroatoms. The summed E-state index contributed by atoms with van der Waals surface area (Å²) in [6.45, 7) is 5.15. The van der Waals surface area contributed by atoms with Gasteiger partial charge in [0.05, 0.1) is 10.4 Å². The molecule has 2 aromatic heterocycles. The van der Waals surface area contributed by atoms with Gasteiger partial charge in [-0.1, -0.05) is 23.7 Å². The number of ether oxygens (including phenoxy) is 1. The monoisotopic (exact) mass is 384 g/mol. The maximum Gasteiger partial charge on any atom is 0.166 e. The fourth-order valence-corrected chi connectivity index (χ4v) is 3.42. The van der Waals surface area contributed by atoms with Gasteiger partial charge in [-0.3, -0.25) is 4.90 Å². The number of benzene rings is 1. The summed E-state index contributed by atoms with van der Waals surface area (Å²) in [5, 5.41) is 1.58. The van der Waals surface area contributed by atoms with Crippen molar-refractivity contribution in [3.05, 3.63) is 47.7 Å². The molecular formula is C19H21ClN6O. The van der Waals surface area contributed by atoms with Crippen LogP contribution in [0.1, 0.15) is 0 Å². The molecule has 140 valence electrons. The SMILES string of the molecule is Nc1ccc2c(N3CCN(CCOc4ccccc4Cl)CC3)ncnc2n1. The Balaban J connectivity index is 1.33. The second kappa shape index (κ2) is 7.94. The van der Waals surface area contributed by atoms with Crippen LogP contribution in [-0.2, 0) is 0 Å². The van der Waals surface area contributed by atoms with Crippen molar-refractivity contribution in [3.63, 3.8) is 0 Å². The van der Waals surface area contributed by atoms with Crippen molar-refractivity contribution < 1.29 is 4.74 Å². The minimum Gasteiger partial charge on any atom is -0.491 e. The number of para-hydroxylation sites is 1. The molecule has 0 atom stereocenters. The van der Waals surface area contributed by atoms with Gasteiger partial charge in [-0.15, -0.1) is 0 Å². The Hall–Kier alpha value is -2.64. The van der Waals surface area contributed by atoms with E-state index in [1.165, 1.54) is 0 Å². The van der Waals surface area contributed by atoms with Gasteiger partial charge < -0.3 is 15.4 Å². The maximum atomic E-state index is 6.12. The Morgan fingerprint density at radius 1 is 1.04 bits per heavy atom. The largest absolute Gasteiger partial charge is 0.491 e. The van der Waals surface area contributed by atoms with Gasteiger partial charge in [0.25, 0.3) is 0 Å². The van der Waals surface area contributed by atoms with E-state index in [0.29, 0.717) is 23.1 Å². The van der Waals surface area contributed by atoms with Crippen LogP contribution >= 0.6 is 11.6 Å². The molecule has 4 rings (SSSR count). The Kier molecular flexibility index (Phi) is 5.22. The molecule has 0 spiro atoms. The topological polar surface area (TPSA) is 80.4 Å². The van der Waals surface area contributed by atoms with Crippen LogP contribution in [0, 0.1) is 0 Å². The van der Waals surface area contributed by atoms with Crippen molar-refractivity contribution in [2.75, 3.05) is 50.0 Å². The van der Waals surface area contributed by atoms with Crippen molar-refractivity contribution in [2.24, 2.45) is 0 Å². The van der Waals surface area contributed by atoms with Crippen molar-refractivity contribution in [2.45, 2.75) is 0 Å². The molecule has 0 aliphatic carbocycles. The van der Waals surface area contributed by atoms with Crippen LogP contribution in [0.5, 0.6) is 5.75 Å². The normalized spacial score (nSPS) is 15.2. The molecule has 1 aliphatic rings. The summed E-state index contributed by atoms with van der Waals surface area (Å²) in [4.78, 5) is 17.6. The highest BCUT2D eigenvalue weighted by Gasteiger charge is 2.20. The number of hydrogen-bond donors (Lipinski definition) is 1. The van der Waals surface area contributed by atoms with Gasteiger partial charge in [-0.25, -0.2) is 15.0 Å². The standard InChI is InChI=1S/C19H21ClN6O/c20-15-3-1-2-4-16(15)27-12-11-25-7-9-26(10-8-25)19-14-5-6-17(21)24-18(14)22-13-23-19/h1-6,13H,7-12H2,(H2,21,22,23,24). The molecule has 27 heavy (non-hydrogen) atoms. The zero-order valence-electron chi connectivity index (χ0n) is 14.9. The quantitative estimate of drug-likeness (QED) is 0.723. The van der Waals surface area contributed by atoms with Crippen LogP contribution in [0.2, 0.25) is 5.02 Å². The number of nitrogens with zero attached hydrogens (tertiary/aromatic N) is 5. The minimum atomic E-state index is 0.468. The summed E-state index contributed by atoms with van der Waals surface area (Å²) in [5.74, 6) is 2.12. The van der Waals surface area contributed by atoms with Gasteiger partial charge in [-0.2, -0.15) is 0 Å². The number of rotatable bonds is 5. The van der Waals surface area contributed by atoms with Gasteiger partial charge in [0, 0.05) is 32.7 Å². The third-order valence-electron chi connectivity index (χ3n) is 4.67. The first-order valence-electron chi connectivity index (χ1n) is 8.92. The Morgan fingerprint density at radius 2 is 1.85 bits per heavy atom. The van der Waals surface area contributed by atoms with Crippen molar-refractivity contribution in [1.29, 1.82) is 0 Å². The van der Waals surface area contributed by atoms with Crippen LogP contribution in [0.4, 0.5) is 11.6 Å². The predicted molar refractivity (Wildman–Crippen MR) is 107 cm³/mol. The summed E-state index contributed by atoms with van der Waals surface area (Å²) in [6.07, 6.45) is 1.55.